The molecule has 0 aliphatic rings. The number of nitrogens with one attached hydrogen (secondary N) is 1. The van der Waals surface area contributed by atoms with Crippen molar-refractivity contribution in [3.63, 3.8) is 0 Å². The lowest BCUT2D eigenvalue weighted by molar-refractivity contribution is 0.563. The molecule has 7 heteroatoms. The second kappa shape index (κ2) is 6.42. The molecule has 1 aromatic carbocycles. The maximum absolute atomic E-state index is 11.8. The second-order valence-electron chi connectivity index (χ2n) is 3.19. The summed E-state index contributed by atoms with van der Waals surface area (Å²) in [7, 11) is -3.56. The summed E-state index contributed by atoms with van der Waals surface area (Å²) < 4.78 is 26.0. The van der Waals surface area contributed by atoms with Crippen LogP contribution in [0.4, 0.5) is 0 Å². The summed E-state index contributed by atoms with van der Waals surface area (Å²) >= 11 is 5.78. The SMILES string of the molecule is C[C@H](CN)NS(=O)(=O)c1ccccc1Cl.Cl. The van der Waals surface area contributed by atoms with Crippen molar-refractivity contribution in [2.75, 3.05) is 6.54 Å². The summed E-state index contributed by atoms with van der Waals surface area (Å²) in [6.07, 6.45) is 0. The van der Waals surface area contributed by atoms with Gasteiger partial charge in [0.1, 0.15) is 4.90 Å². The van der Waals surface area contributed by atoms with Gasteiger partial charge in [0.2, 0.25) is 10.0 Å². The van der Waals surface area contributed by atoms with Crippen molar-refractivity contribution in [2.45, 2.75) is 17.9 Å². The molecule has 1 atom stereocenters. The van der Waals surface area contributed by atoms with E-state index in [-0.39, 0.29) is 34.9 Å². The third-order valence-electron chi connectivity index (χ3n) is 1.84. The Kier molecular flexibility index (Phi) is 6.28. The molecule has 4 nitrogen and oxygen atoms in total. The van der Waals surface area contributed by atoms with Crippen LogP contribution in [0.25, 0.3) is 0 Å². The highest BCUT2D eigenvalue weighted by Gasteiger charge is 2.18. The van der Waals surface area contributed by atoms with Crippen LogP contribution in [0.5, 0.6) is 0 Å². The Morgan fingerprint density at radius 1 is 1.44 bits per heavy atom. The lowest BCUT2D eigenvalue weighted by atomic mass is 10.4. The van der Waals surface area contributed by atoms with Crippen LogP contribution < -0.4 is 10.5 Å². The van der Waals surface area contributed by atoms with E-state index in [2.05, 4.69) is 4.72 Å². The molecule has 0 bridgehead atoms. The zero-order valence-corrected chi connectivity index (χ0v) is 11.1. The Morgan fingerprint density at radius 2 is 2.00 bits per heavy atom. The highest BCUT2D eigenvalue weighted by Crippen LogP contribution is 2.20. The molecule has 0 aromatic heterocycles. The van der Waals surface area contributed by atoms with Crippen LogP contribution in [0.3, 0.4) is 0 Å². The Morgan fingerprint density at radius 3 is 2.50 bits per heavy atom. The number of hydrogen-bond acceptors (Lipinski definition) is 3. The first kappa shape index (κ1) is 15.7. The van der Waals surface area contributed by atoms with Crippen LogP contribution in [-0.4, -0.2) is 21.0 Å². The first-order chi connectivity index (χ1) is 6.97. The fourth-order valence-electron chi connectivity index (χ4n) is 1.04. The summed E-state index contributed by atoms with van der Waals surface area (Å²) in [6, 6.07) is 5.96. The number of nitrogens with two attached hydrogens (primary N) is 1. The van der Waals surface area contributed by atoms with Crippen LogP contribution in [-0.2, 0) is 10.0 Å². The van der Waals surface area contributed by atoms with Gasteiger partial charge in [0.25, 0.3) is 0 Å². The quantitative estimate of drug-likeness (QED) is 0.878. The maximum atomic E-state index is 11.8. The molecule has 0 saturated heterocycles. The Hall–Kier alpha value is -0.330. The van der Waals surface area contributed by atoms with Crippen molar-refractivity contribution in [3.8, 4) is 0 Å². The molecule has 0 spiro atoms. The van der Waals surface area contributed by atoms with Crippen molar-refractivity contribution < 1.29 is 8.42 Å². The molecule has 0 heterocycles. The van der Waals surface area contributed by atoms with E-state index in [4.69, 9.17) is 17.3 Å². The van der Waals surface area contributed by atoms with Gasteiger partial charge >= 0.3 is 0 Å². The highest BCUT2D eigenvalue weighted by molar-refractivity contribution is 7.89. The summed E-state index contributed by atoms with van der Waals surface area (Å²) in [6.45, 7) is 1.93. The number of benzene rings is 1. The van der Waals surface area contributed by atoms with Gasteiger partial charge in [-0.3, -0.25) is 0 Å². The molecule has 0 radical (unpaired) electrons. The summed E-state index contributed by atoms with van der Waals surface area (Å²) in [5.74, 6) is 0. The van der Waals surface area contributed by atoms with E-state index >= 15 is 0 Å². The first-order valence-corrected chi connectivity index (χ1v) is 6.30. The molecule has 0 unspecified atom stereocenters. The fraction of sp³-hybridized carbons (Fsp3) is 0.333. The van der Waals surface area contributed by atoms with Gasteiger partial charge in [0, 0.05) is 12.6 Å². The van der Waals surface area contributed by atoms with Crippen molar-refractivity contribution in [1.29, 1.82) is 0 Å². The number of sulfonamides is 1. The minimum absolute atomic E-state index is 0. The zero-order chi connectivity index (χ0) is 11.5. The van der Waals surface area contributed by atoms with E-state index in [0.29, 0.717) is 0 Å². The molecular weight excluding hydrogens is 271 g/mol. The smallest absolute Gasteiger partial charge is 0.242 e. The Bertz CT molecular complexity index is 437. The second-order valence-corrected chi connectivity index (χ2v) is 5.28. The topological polar surface area (TPSA) is 72.2 Å². The van der Waals surface area contributed by atoms with E-state index in [1.165, 1.54) is 12.1 Å². The molecule has 0 amide bonds. The zero-order valence-electron chi connectivity index (χ0n) is 8.68. The average molecular weight is 285 g/mol. The molecular formula is C9H14Cl2N2O2S. The molecule has 0 aliphatic carbocycles. The Labute approximate surface area is 107 Å². The molecule has 3 N–H and O–H groups in total. The lowest BCUT2D eigenvalue weighted by Crippen LogP contribution is -2.37. The third-order valence-corrected chi connectivity index (χ3v) is 3.93. The van der Waals surface area contributed by atoms with Gasteiger partial charge in [-0.2, -0.15) is 0 Å². The average Bonchev–Trinajstić information content (AvgIpc) is 2.17. The van der Waals surface area contributed by atoms with E-state index < -0.39 is 10.0 Å². The predicted octanol–water partition coefficient (Wildman–Crippen LogP) is 1.39. The first-order valence-electron chi connectivity index (χ1n) is 4.44. The number of rotatable bonds is 4. The van der Waals surface area contributed by atoms with Gasteiger partial charge < -0.3 is 5.73 Å². The summed E-state index contributed by atoms with van der Waals surface area (Å²) in [4.78, 5) is 0.0759. The minimum atomic E-state index is -3.56. The third kappa shape index (κ3) is 3.92. The molecule has 1 rings (SSSR count). The molecule has 0 saturated carbocycles. The largest absolute Gasteiger partial charge is 0.329 e. The normalized spacial score (nSPS) is 12.9. The molecule has 0 aliphatic heterocycles. The van der Waals surface area contributed by atoms with Gasteiger partial charge in [-0.15, -0.1) is 12.4 Å². The van der Waals surface area contributed by atoms with Crippen molar-refractivity contribution >= 4 is 34.0 Å². The molecule has 92 valence electrons. The number of hydrogen-bond donors (Lipinski definition) is 2. The van der Waals surface area contributed by atoms with Crippen LogP contribution in [0, 0.1) is 0 Å². The molecule has 16 heavy (non-hydrogen) atoms. The van der Waals surface area contributed by atoms with E-state index in [1.54, 1.807) is 19.1 Å². The number of halogens is 2. The van der Waals surface area contributed by atoms with Crippen molar-refractivity contribution in [3.05, 3.63) is 29.3 Å². The van der Waals surface area contributed by atoms with E-state index in [9.17, 15) is 8.42 Å². The van der Waals surface area contributed by atoms with E-state index in [1.807, 2.05) is 0 Å². The predicted molar refractivity (Wildman–Crippen MR) is 67.5 cm³/mol. The molecule has 1 aromatic rings. The summed E-state index contributed by atoms with van der Waals surface area (Å²) in [5, 5.41) is 0.203. The van der Waals surface area contributed by atoms with Crippen molar-refractivity contribution in [2.24, 2.45) is 5.73 Å². The highest BCUT2D eigenvalue weighted by atomic mass is 35.5. The monoisotopic (exact) mass is 284 g/mol. The summed E-state index contributed by atoms with van der Waals surface area (Å²) in [5.41, 5.74) is 5.34. The van der Waals surface area contributed by atoms with Crippen LogP contribution in [0.1, 0.15) is 6.92 Å². The van der Waals surface area contributed by atoms with Crippen LogP contribution in [0.2, 0.25) is 5.02 Å². The van der Waals surface area contributed by atoms with E-state index in [0.717, 1.165) is 0 Å². The van der Waals surface area contributed by atoms with Crippen molar-refractivity contribution in [1.82, 2.24) is 4.72 Å². The van der Waals surface area contributed by atoms with Crippen LogP contribution in [0.15, 0.2) is 29.2 Å². The van der Waals surface area contributed by atoms with Gasteiger partial charge in [-0.1, -0.05) is 23.7 Å². The van der Waals surface area contributed by atoms with Gasteiger partial charge in [-0.05, 0) is 19.1 Å². The fourth-order valence-corrected chi connectivity index (χ4v) is 2.81. The molecule has 0 fully saturated rings. The standard InChI is InChI=1S/C9H13ClN2O2S.ClH/c1-7(6-11)12-15(13,14)9-5-3-2-4-8(9)10;/h2-5,7,12H,6,11H2,1H3;1H/t7-;/m1./s1. The lowest BCUT2D eigenvalue weighted by Gasteiger charge is -2.12. The Balaban J connectivity index is 0.00000225. The van der Waals surface area contributed by atoms with Gasteiger partial charge in [0.05, 0.1) is 5.02 Å². The minimum Gasteiger partial charge on any atom is -0.329 e. The van der Waals surface area contributed by atoms with Gasteiger partial charge in [-0.25, -0.2) is 13.1 Å². The van der Waals surface area contributed by atoms with Gasteiger partial charge in [0.15, 0.2) is 0 Å². The van der Waals surface area contributed by atoms with Crippen LogP contribution >= 0.6 is 24.0 Å². The maximum Gasteiger partial charge on any atom is 0.242 e.